The number of hydrogen-bond donors (Lipinski definition) is 1. The van der Waals surface area contributed by atoms with Gasteiger partial charge in [0.25, 0.3) is 0 Å². The molecule has 0 spiro atoms. The average molecular weight is 401 g/mol. The van der Waals surface area contributed by atoms with Crippen molar-refractivity contribution in [3.63, 3.8) is 0 Å². The predicted molar refractivity (Wildman–Crippen MR) is 114 cm³/mol. The van der Waals surface area contributed by atoms with Gasteiger partial charge in [-0.1, -0.05) is 78.9 Å². The number of carbonyl (C=O) groups excluding carboxylic acids is 2. The fourth-order valence-electron chi connectivity index (χ4n) is 4.32. The van der Waals surface area contributed by atoms with Crippen LogP contribution in [0.1, 0.15) is 23.1 Å². The molecule has 1 aliphatic carbocycles. The van der Waals surface area contributed by atoms with Crippen molar-refractivity contribution in [1.82, 2.24) is 5.32 Å². The first kappa shape index (κ1) is 19.9. The summed E-state index contributed by atoms with van der Waals surface area (Å²) in [6.07, 6.45) is -0.137. The second-order valence-corrected chi connectivity index (χ2v) is 7.21. The van der Waals surface area contributed by atoms with E-state index in [0.717, 1.165) is 27.8 Å². The van der Waals surface area contributed by atoms with E-state index in [-0.39, 0.29) is 6.42 Å². The van der Waals surface area contributed by atoms with Gasteiger partial charge in [-0.15, -0.1) is 0 Å². The Morgan fingerprint density at radius 2 is 1.33 bits per heavy atom. The highest BCUT2D eigenvalue weighted by atomic mass is 16.5. The minimum atomic E-state index is -0.887. The van der Waals surface area contributed by atoms with Gasteiger partial charge in [0.05, 0.1) is 26.2 Å². The van der Waals surface area contributed by atoms with Crippen molar-refractivity contribution in [2.75, 3.05) is 14.2 Å². The van der Waals surface area contributed by atoms with Crippen molar-refractivity contribution >= 4 is 11.9 Å². The summed E-state index contributed by atoms with van der Waals surface area (Å²) in [5.41, 5.74) is 4.38. The van der Waals surface area contributed by atoms with E-state index in [0.29, 0.717) is 0 Å². The molecule has 1 atom stereocenters. The second-order valence-electron chi connectivity index (χ2n) is 7.21. The van der Waals surface area contributed by atoms with E-state index in [1.807, 2.05) is 54.6 Å². The van der Waals surface area contributed by atoms with Crippen LogP contribution in [0.15, 0.2) is 78.9 Å². The highest BCUT2D eigenvalue weighted by Gasteiger charge is 2.47. The van der Waals surface area contributed by atoms with E-state index in [1.165, 1.54) is 14.2 Å². The Balaban J connectivity index is 1.96. The van der Waals surface area contributed by atoms with Gasteiger partial charge >= 0.3 is 11.9 Å². The summed E-state index contributed by atoms with van der Waals surface area (Å²) in [5.74, 6) is -1.00. The number of fused-ring (bicyclic) bond motifs is 3. The molecule has 0 aliphatic heterocycles. The summed E-state index contributed by atoms with van der Waals surface area (Å²) in [7, 11) is 2.63. The Bertz CT molecular complexity index is 1030. The van der Waals surface area contributed by atoms with Crippen LogP contribution in [0.3, 0.4) is 0 Å². The Hall–Kier alpha value is -3.44. The van der Waals surface area contributed by atoms with Crippen molar-refractivity contribution in [2.24, 2.45) is 0 Å². The van der Waals surface area contributed by atoms with Crippen LogP contribution in [0.25, 0.3) is 11.1 Å². The van der Waals surface area contributed by atoms with Crippen LogP contribution in [-0.4, -0.2) is 32.2 Å². The number of hydrogen-bond acceptors (Lipinski definition) is 5. The van der Waals surface area contributed by atoms with Crippen LogP contribution in [-0.2, 0) is 24.6 Å². The molecule has 3 aromatic rings. The Morgan fingerprint density at radius 1 is 0.800 bits per heavy atom. The van der Waals surface area contributed by atoms with Gasteiger partial charge in [-0.05, 0) is 27.8 Å². The highest BCUT2D eigenvalue weighted by Crippen LogP contribution is 2.51. The van der Waals surface area contributed by atoms with E-state index in [9.17, 15) is 9.59 Å². The van der Waals surface area contributed by atoms with Crippen LogP contribution < -0.4 is 5.32 Å². The molecule has 0 heterocycles. The Kier molecular flexibility index (Phi) is 5.38. The maximum absolute atomic E-state index is 12.7. The molecule has 1 N–H and O–H groups in total. The molecule has 0 saturated heterocycles. The maximum Gasteiger partial charge on any atom is 0.323 e. The molecule has 0 saturated carbocycles. The number of ether oxygens (including phenoxy) is 2. The molecule has 0 radical (unpaired) electrons. The number of esters is 2. The third-order valence-electron chi connectivity index (χ3n) is 5.63. The highest BCUT2D eigenvalue weighted by molar-refractivity contribution is 5.86. The molecular weight excluding hydrogens is 378 g/mol. The lowest BCUT2D eigenvalue weighted by Crippen LogP contribution is -2.52. The molecule has 30 heavy (non-hydrogen) atoms. The number of rotatable bonds is 6. The molecule has 5 heteroatoms. The standard InChI is InChI=1S/C25H23NO4/c1-29-23(27)16-22(24(28)30-2)26-25(17-10-4-3-5-11-17)20-14-8-6-12-18(20)19-13-7-9-15-21(19)25/h3-15,22,26H,16H2,1-2H3/t22-/m0/s1. The molecule has 152 valence electrons. The lowest BCUT2D eigenvalue weighted by molar-refractivity contribution is -0.150. The molecule has 0 unspecified atom stereocenters. The number of methoxy groups -OCH3 is 2. The smallest absolute Gasteiger partial charge is 0.323 e. The zero-order valence-corrected chi connectivity index (χ0v) is 16.9. The van der Waals surface area contributed by atoms with Crippen molar-refractivity contribution in [3.05, 3.63) is 95.6 Å². The molecule has 5 nitrogen and oxygen atoms in total. The minimum Gasteiger partial charge on any atom is -0.469 e. The average Bonchev–Trinajstić information content (AvgIpc) is 3.09. The van der Waals surface area contributed by atoms with Crippen molar-refractivity contribution < 1.29 is 19.1 Å². The Morgan fingerprint density at radius 3 is 1.87 bits per heavy atom. The van der Waals surface area contributed by atoms with Gasteiger partial charge < -0.3 is 9.47 Å². The fraction of sp³-hybridized carbons (Fsp3) is 0.200. The molecule has 0 fully saturated rings. The summed E-state index contributed by atoms with van der Waals surface area (Å²) in [6, 6.07) is 25.3. The predicted octanol–water partition coefficient (Wildman–Crippen LogP) is 3.65. The lowest BCUT2D eigenvalue weighted by atomic mass is 9.79. The number of carbonyl (C=O) groups is 2. The largest absolute Gasteiger partial charge is 0.469 e. The van der Waals surface area contributed by atoms with E-state index < -0.39 is 23.5 Å². The van der Waals surface area contributed by atoms with Crippen molar-refractivity contribution in [1.29, 1.82) is 0 Å². The van der Waals surface area contributed by atoms with Crippen LogP contribution in [0.5, 0.6) is 0 Å². The summed E-state index contributed by atoms with van der Waals surface area (Å²) in [4.78, 5) is 24.7. The lowest BCUT2D eigenvalue weighted by Gasteiger charge is -2.36. The van der Waals surface area contributed by atoms with Gasteiger partial charge in [0.1, 0.15) is 6.04 Å². The van der Waals surface area contributed by atoms with Gasteiger partial charge in [-0.3, -0.25) is 14.9 Å². The maximum atomic E-state index is 12.7. The van der Waals surface area contributed by atoms with Gasteiger partial charge in [0, 0.05) is 0 Å². The first-order valence-electron chi connectivity index (χ1n) is 9.79. The third kappa shape index (κ3) is 3.17. The van der Waals surface area contributed by atoms with E-state index in [2.05, 4.69) is 29.6 Å². The normalized spacial score (nSPS) is 14.3. The molecular formula is C25H23NO4. The van der Waals surface area contributed by atoms with Crippen molar-refractivity contribution in [2.45, 2.75) is 18.0 Å². The van der Waals surface area contributed by atoms with Crippen molar-refractivity contribution in [3.8, 4) is 11.1 Å². The summed E-state index contributed by atoms with van der Waals surface area (Å²) in [5, 5.41) is 3.50. The molecule has 0 aromatic heterocycles. The minimum absolute atomic E-state index is 0.137. The third-order valence-corrected chi connectivity index (χ3v) is 5.63. The van der Waals surface area contributed by atoms with Gasteiger partial charge in [0.15, 0.2) is 0 Å². The van der Waals surface area contributed by atoms with Crippen LogP contribution >= 0.6 is 0 Å². The molecule has 4 rings (SSSR count). The van der Waals surface area contributed by atoms with Gasteiger partial charge in [-0.25, -0.2) is 0 Å². The van der Waals surface area contributed by atoms with Crippen LogP contribution in [0.4, 0.5) is 0 Å². The van der Waals surface area contributed by atoms with Crippen LogP contribution in [0, 0.1) is 0 Å². The molecule has 1 aliphatic rings. The fourth-order valence-corrected chi connectivity index (χ4v) is 4.32. The first-order chi connectivity index (χ1) is 14.6. The zero-order valence-electron chi connectivity index (χ0n) is 16.9. The summed E-state index contributed by atoms with van der Waals surface area (Å²) in [6.45, 7) is 0. The molecule has 3 aromatic carbocycles. The summed E-state index contributed by atoms with van der Waals surface area (Å²) >= 11 is 0. The van der Waals surface area contributed by atoms with Gasteiger partial charge in [0.2, 0.25) is 0 Å². The second kappa shape index (κ2) is 8.13. The number of benzene rings is 3. The topological polar surface area (TPSA) is 64.6 Å². The van der Waals surface area contributed by atoms with Crippen LogP contribution in [0.2, 0.25) is 0 Å². The first-order valence-corrected chi connectivity index (χ1v) is 9.79. The molecule has 0 amide bonds. The zero-order chi connectivity index (χ0) is 21.1. The van der Waals surface area contributed by atoms with E-state index >= 15 is 0 Å². The monoisotopic (exact) mass is 401 g/mol. The Labute approximate surface area is 175 Å². The summed E-state index contributed by atoms with van der Waals surface area (Å²) < 4.78 is 9.85. The van der Waals surface area contributed by atoms with Gasteiger partial charge in [-0.2, -0.15) is 0 Å². The SMILES string of the molecule is COC(=O)C[C@H](NC1(c2ccccc2)c2ccccc2-c2ccccc21)C(=O)OC. The van der Waals surface area contributed by atoms with E-state index in [4.69, 9.17) is 9.47 Å². The van der Waals surface area contributed by atoms with E-state index in [1.54, 1.807) is 0 Å². The quantitative estimate of drug-likeness (QED) is 0.639. The number of nitrogens with one attached hydrogen (secondary N) is 1. The molecule has 0 bridgehead atoms.